The van der Waals surface area contributed by atoms with E-state index in [1.54, 1.807) is 0 Å². The van der Waals surface area contributed by atoms with Gasteiger partial charge in [0.05, 0.1) is 12.1 Å². The molecule has 0 saturated heterocycles. The van der Waals surface area contributed by atoms with E-state index in [1.165, 1.54) is 54.7 Å². The van der Waals surface area contributed by atoms with Crippen LogP contribution in [0.2, 0.25) is 0 Å². The van der Waals surface area contributed by atoms with E-state index < -0.39 is 0 Å². The minimum atomic E-state index is 0.159. The van der Waals surface area contributed by atoms with Gasteiger partial charge < -0.3 is 0 Å². The Morgan fingerprint density at radius 3 is 1.25 bits per heavy atom. The van der Waals surface area contributed by atoms with Gasteiger partial charge in [-0.15, -0.1) is 0 Å². The van der Waals surface area contributed by atoms with Crippen LogP contribution in [0.4, 0.5) is 0 Å². The summed E-state index contributed by atoms with van der Waals surface area (Å²) in [5.74, 6) is 0. The summed E-state index contributed by atoms with van der Waals surface area (Å²) in [5.41, 5.74) is 5.38. The van der Waals surface area contributed by atoms with E-state index in [2.05, 4.69) is 151 Å². The molecule has 4 aromatic rings. The maximum atomic E-state index is 5.16. The molecule has 0 spiro atoms. The van der Waals surface area contributed by atoms with Gasteiger partial charge >= 0.3 is 0 Å². The van der Waals surface area contributed by atoms with Crippen LogP contribution in [0.15, 0.2) is 127 Å². The molecule has 0 bridgehead atoms. The van der Waals surface area contributed by atoms with Gasteiger partial charge in [-0.1, -0.05) is 139 Å². The summed E-state index contributed by atoms with van der Waals surface area (Å²) in [6.07, 6.45) is 8.77. The molecule has 1 aliphatic carbocycles. The van der Waals surface area contributed by atoms with Crippen LogP contribution in [0.1, 0.15) is 89.5 Å². The number of nitrogens with zero attached hydrogens (tertiary/aromatic N) is 2. The highest BCUT2D eigenvalue weighted by molar-refractivity contribution is 7.99. The summed E-state index contributed by atoms with van der Waals surface area (Å²) >= 11 is 3.62. The molecular weight excluding hydrogens is 573 g/mol. The molecule has 228 valence electrons. The third-order valence-electron chi connectivity index (χ3n) is 8.24. The molecule has 1 fully saturated rings. The summed E-state index contributed by atoms with van der Waals surface area (Å²) in [7, 11) is 0. The second-order valence-electron chi connectivity index (χ2n) is 13.8. The Bertz CT molecular complexity index is 1450. The van der Waals surface area contributed by atoms with E-state index in [0.717, 1.165) is 12.8 Å². The van der Waals surface area contributed by atoms with Gasteiger partial charge in [-0.05, 0) is 71.2 Å². The molecule has 0 amide bonds. The van der Waals surface area contributed by atoms with Crippen LogP contribution in [0.3, 0.4) is 0 Å². The molecule has 44 heavy (non-hydrogen) atoms. The zero-order valence-electron chi connectivity index (χ0n) is 27.1. The Morgan fingerprint density at radius 2 is 0.886 bits per heavy atom. The lowest BCUT2D eigenvalue weighted by Gasteiger charge is -2.25. The molecule has 0 aromatic heterocycles. The van der Waals surface area contributed by atoms with Gasteiger partial charge in [0.25, 0.3) is 0 Å². The van der Waals surface area contributed by atoms with Crippen molar-refractivity contribution in [1.29, 1.82) is 0 Å². The lowest BCUT2D eigenvalue weighted by Crippen LogP contribution is -2.27. The van der Waals surface area contributed by atoms with Gasteiger partial charge in [-0.25, -0.2) is 0 Å². The van der Waals surface area contributed by atoms with Crippen molar-refractivity contribution in [2.24, 2.45) is 9.98 Å². The lowest BCUT2D eigenvalue weighted by molar-refractivity contribution is 0.390. The number of hydrogen-bond acceptors (Lipinski definition) is 4. The smallest absolute Gasteiger partial charge is 0.0723 e. The number of benzene rings is 4. The second-order valence-corrected chi connectivity index (χ2v) is 16.0. The highest BCUT2D eigenvalue weighted by Gasteiger charge is 2.23. The van der Waals surface area contributed by atoms with Crippen molar-refractivity contribution in [1.82, 2.24) is 0 Å². The molecule has 4 aromatic carbocycles. The Morgan fingerprint density at radius 1 is 0.523 bits per heavy atom. The van der Waals surface area contributed by atoms with Crippen LogP contribution >= 0.6 is 23.5 Å². The molecule has 2 atom stereocenters. The quantitative estimate of drug-likeness (QED) is 0.184. The predicted molar refractivity (Wildman–Crippen MR) is 193 cm³/mol. The first-order valence-corrected chi connectivity index (χ1v) is 17.5. The third kappa shape index (κ3) is 8.76. The van der Waals surface area contributed by atoms with Crippen LogP contribution in [-0.4, -0.2) is 24.5 Å². The Balaban J connectivity index is 1.29. The van der Waals surface area contributed by atoms with E-state index in [9.17, 15) is 0 Å². The SMILES string of the molecule is CC(C)(C)c1ccc(Sc2ccccc2C=N[C@@H]2CCCC[C@H]2N=Cc2ccccc2Sc2ccc(C(C)(C)C)cc2)cc1. The fourth-order valence-corrected chi connectivity index (χ4v) is 7.27. The van der Waals surface area contributed by atoms with Crippen LogP contribution < -0.4 is 0 Å². The van der Waals surface area contributed by atoms with Crippen molar-refractivity contribution >= 4 is 36.0 Å². The van der Waals surface area contributed by atoms with E-state index >= 15 is 0 Å². The minimum Gasteiger partial charge on any atom is -0.287 e. The van der Waals surface area contributed by atoms with Crippen molar-refractivity contribution in [2.75, 3.05) is 0 Å². The highest BCUT2D eigenvalue weighted by atomic mass is 32.2. The zero-order valence-corrected chi connectivity index (χ0v) is 28.7. The normalized spacial score (nSPS) is 17.9. The molecule has 0 N–H and O–H groups in total. The monoisotopic (exact) mass is 618 g/mol. The van der Waals surface area contributed by atoms with E-state index in [0.29, 0.717) is 0 Å². The molecule has 1 aliphatic rings. The third-order valence-corrected chi connectivity index (χ3v) is 10.4. The van der Waals surface area contributed by atoms with Crippen LogP contribution in [0, 0.1) is 0 Å². The first kappa shape index (κ1) is 32.3. The van der Waals surface area contributed by atoms with Crippen molar-refractivity contribution in [3.8, 4) is 0 Å². The Kier molecular flexibility index (Phi) is 10.5. The van der Waals surface area contributed by atoms with Gasteiger partial charge in [0, 0.05) is 43.1 Å². The molecule has 0 radical (unpaired) electrons. The summed E-state index contributed by atoms with van der Waals surface area (Å²) in [6, 6.07) is 35.6. The summed E-state index contributed by atoms with van der Waals surface area (Å²) in [4.78, 5) is 15.3. The van der Waals surface area contributed by atoms with Crippen molar-refractivity contribution in [3.05, 3.63) is 119 Å². The van der Waals surface area contributed by atoms with Crippen LogP contribution in [0.5, 0.6) is 0 Å². The first-order chi connectivity index (χ1) is 21.1. The molecule has 0 aliphatic heterocycles. The molecule has 0 heterocycles. The molecule has 0 unspecified atom stereocenters. The van der Waals surface area contributed by atoms with Gasteiger partial charge in [0.15, 0.2) is 0 Å². The molecule has 4 heteroatoms. The highest BCUT2D eigenvalue weighted by Crippen LogP contribution is 2.34. The summed E-state index contributed by atoms with van der Waals surface area (Å²) in [5, 5.41) is 0. The Hall–Kier alpha value is -3.08. The lowest BCUT2D eigenvalue weighted by atomic mass is 9.87. The molecule has 2 nitrogen and oxygen atoms in total. The van der Waals surface area contributed by atoms with Crippen LogP contribution in [-0.2, 0) is 10.8 Å². The fourth-order valence-electron chi connectivity index (χ4n) is 5.45. The largest absolute Gasteiger partial charge is 0.287 e. The van der Waals surface area contributed by atoms with Gasteiger partial charge in [0.1, 0.15) is 0 Å². The van der Waals surface area contributed by atoms with E-state index in [1.807, 2.05) is 23.5 Å². The number of aliphatic imine (C=N–C) groups is 2. The molecule has 1 saturated carbocycles. The summed E-state index contributed by atoms with van der Waals surface area (Å²) < 4.78 is 0. The molecule has 5 rings (SSSR count). The summed E-state index contributed by atoms with van der Waals surface area (Å²) in [6.45, 7) is 13.5. The Labute approximate surface area is 273 Å². The fraction of sp³-hybridized carbons (Fsp3) is 0.350. The molecular formula is C40H46N2S2. The maximum Gasteiger partial charge on any atom is 0.0723 e. The topological polar surface area (TPSA) is 24.7 Å². The first-order valence-electron chi connectivity index (χ1n) is 15.9. The van der Waals surface area contributed by atoms with Crippen LogP contribution in [0.25, 0.3) is 0 Å². The zero-order chi connectivity index (χ0) is 31.2. The number of hydrogen-bond donors (Lipinski definition) is 0. The average molecular weight is 619 g/mol. The van der Waals surface area contributed by atoms with Gasteiger partial charge in [-0.2, -0.15) is 0 Å². The van der Waals surface area contributed by atoms with Crippen molar-refractivity contribution in [3.63, 3.8) is 0 Å². The van der Waals surface area contributed by atoms with E-state index in [-0.39, 0.29) is 22.9 Å². The predicted octanol–water partition coefficient (Wildman–Crippen LogP) is 11.4. The maximum absolute atomic E-state index is 5.16. The number of rotatable bonds is 8. The van der Waals surface area contributed by atoms with Gasteiger partial charge in [0.2, 0.25) is 0 Å². The second kappa shape index (κ2) is 14.3. The van der Waals surface area contributed by atoms with Gasteiger partial charge in [-0.3, -0.25) is 9.98 Å². The minimum absolute atomic E-state index is 0.159. The van der Waals surface area contributed by atoms with Crippen molar-refractivity contribution in [2.45, 2.75) is 110 Å². The van der Waals surface area contributed by atoms with E-state index in [4.69, 9.17) is 9.98 Å². The van der Waals surface area contributed by atoms with Crippen molar-refractivity contribution < 1.29 is 0 Å². The average Bonchev–Trinajstić information content (AvgIpc) is 3.00. The standard InChI is InChI=1S/C40H46N2S2/c1-39(2,3)31-19-23-33(24-20-31)43-37-17-11-7-13-29(37)27-41-35-15-9-10-16-36(35)42-28-30-14-8-12-18-38(30)44-34-25-21-32(22-26-34)40(4,5)6/h7-8,11-14,17-28,35-36H,9-10,15-16H2,1-6H3/t35-,36-/m1/s1.